The Labute approximate surface area is 143 Å². The second kappa shape index (κ2) is 7.00. The van der Waals surface area contributed by atoms with Crippen LogP contribution in [0.3, 0.4) is 0 Å². The third-order valence-electron chi connectivity index (χ3n) is 5.35. The molecule has 3 rings (SSSR count). The van der Waals surface area contributed by atoms with Crippen LogP contribution in [0.4, 0.5) is 0 Å². The van der Waals surface area contributed by atoms with Gasteiger partial charge in [0.2, 0.25) is 10.0 Å². The van der Waals surface area contributed by atoms with Crippen LogP contribution in [0.2, 0.25) is 0 Å². The Hall–Kier alpha value is -1.15. The fraction of sp³-hybridized carbons (Fsp3) is 0.875. The fourth-order valence-corrected chi connectivity index (χ4v) is 5.60. The van der Waals surface area contributed by atoms with Crippen LogP contribution in [0.5, 0.6) is 0 Å². The number of aromatic nitrogens is 3. The molecule has 1 saturated heterocycles. The van der Waals surface area contributed by atoms with E-state index in [0.717, 1.165) is 31.5 Å². The first-order chi connectivity index (χ1) is 11.4. The Kier molecular flexibility index (Phi) is 5.15. The molecule has 7 nitrogen and oxygen atoms in total. The van der Waals surface area contributed by atoms with Gasteiger partial charge in [0.05, 0.1) is 5.75 Å². The SMILES string of the molecule is CCCS(=O)(=O)N1CCC(c2nn(C)c(=O)n2C2CCCC2)CC1. The number of sulfonamides is 1. The minimum atomic E-state index is -3.13. The van der Waals surface area contributed by atoms with Gasteiger partial charge in [0, 0.05) is 32.1 Å². The number of hydrogen-bond acceptors (Lipinski definition) is 4. The van der Waals surface area contributed by atoms with Crippen molar-refractivity contribution in [2.24, 2.45) is 7.05 Å². The number of piperidine rings is 1. The quantitative estimate of drug-likeness (QED) is 0.803. The molecule has 1 saturated carbocycles. The zero-order valence-corrected chi connectivity index (χ0v) is 15.5. The van der Waals surface area contributed by atoms with Crippen molar-refractivity contribution < 1.29 is 8.42 Å². The molecule has 0 N–H and O–H groups in total. The lowest BCUT2D eigenvalue weighted by Crippen LogP contribution is -2.39. The molecule has 2 heterocycles. The van der Waals surface area contributed by atoms with E-state index >= 15 is 0 Å². The molecule has 0 atom stereocenters. The number of hydrogen-bond donors (Lipinski definition) is 0. The van der Waals surface area contributed by atoms with Gasteiger partial charge in [-0.15, -0.1) is 0 Å². The summed E-state index contributed by atoms with van der Waals surface area (Å²) in [6, 6.07) is 0.267. The highest BCUT2D eigenvalue weighted by Crippen LogP contribution is 2.33. The van der Waals surface area contributed by atoms with E-state index in [4.69, 9.17) is 0 Å². The summed E-state index contributed by atoms with van der Waals surface area (Å²) in [5.74, 6) is 1.25. The second-order valence-corrected chi connectivity index (χ2v) is 9.15. The maximum absolute atomic E-state index is 12.5. The lowest BCUT2D eigenvalue weighted by Gasteiger charge is -2.31. The summed E-state index contributed by atoms with van der Waals surface area (Å²) in [5.41, 5.74) is -0.0297. The largest absolute Gasteiger partial charge is 0.345 e. The van der Waals surface area contributed by atoms with Crippen molar-refractivity contribution in [3.05, 3.63) is 16.3 Å². The monoisotopic (exact) mass is 356 g/mol. The first-order valence-corrected chi connectivity index (χ1v) is 10.7. The average molecular weight is 356 g/mol. The van der Waals surface area contributed by atoms with Gasteiger partial charge >= 0.3 is 5.69 Å². The molecule has 8 heteroatoms. The van der Waals surface area contributed by atoms with Crippen molar-refractivity contribution in [3.63, 3.8) is 0 Å². The molecule has 1 aliphatic carbocycles. The molecular weight excluding hydrogens is 328 g/mol. The molecule has 0 unspecified atom stereocenters. The topological polar surface area (TPSA) is 77.2 Å². The summed E-state index contributed by atoms with van der Waals surface area (Å²) < 4.78 is 29.4. The zero-order chi connectivity index (χ0) is 17.3. The molecule has 0 aromatic carbocycles. The van der Waals surface area contributed by atoms with E-state index in [-0.39, 0.29) is 23.4 Å². The minimum absolute atomic E-state index is 0.0297. The van der Waals surface area contributed by atoms with Crippen molar-refractivity contribution >= 4 is 10.0 Å². The van der Waals surface area contributed by atoms with Crippen LogP contribution < -0.4 is 5.69 Å². The Morgan fingerprint density at radius 1 is 1.12 bits per heavy atom. The molecule has 0 bridgehead atoms. The Morgan fingerprint density at radius 2 is 1.75 bits per heavy atom. The third-order valence-corrected chi connectivity index (χ3v) is 7.42. The van der Waals surface area contributed by atoms with Crippen molar-refractivity contribution in [2.75, 3.05) is 18.8 Å². The van der Waals surface area contributed by atoms with Crippen molar-refractivity contribution in [3.8, 4) is 0 Å². The molecule has 1 aromatic rings. The van der Waals surface area contributed by atoms with E-state index in [0.29, 0.717) is 19.5 Å². The van der Waals surface area contributed by atoms with Crippen LogP contribution >= 0.6 is 0 Å². The van der Waals surface area contributed by atoms with Gasteiger partial charge in [0.25, 0.3) is 0 Å². The van der Waals surface area contributed by atoms with Crippen LogP contribution in [0.15, 0.2) is 4.79 Å². The van der Waals surface area contributed by atoms with Gasteiger partial charge in [-0.3, -0.25) is 4.57 Å². The first kappa shape index (κ1) is 17.7. The summed E-state index contributed by atoms with van der Waals surface area (Å²) in [6.07, 6.45) is 6.55. The predicted molar refractivity (Wildman–Crippen MR) is 92.6 cm³/mol. The van der Waals surface area contributed by atoms with Crippen molar-refractivity contribution in [1.29, 1.82) is 0 Å². The maximum atomic E-state index is 12.5. The number of rotatable bonds is 5. The van der Waals surface area contributed by atoms with Gasteiger partial charge in [-0.1, -0.05) is 19.8 Å². The van der Waals surface area contributed by atoms with Crippen LogP contribution in [-0.4, -0.2) is 45.9 Å². The normalized spacial score (nSPS) is 21.6. The first-order valence-electron chi connectivity index (χ1n) is 9.07. The van der Waals surface area contributed by atoms with Crippen molar-refractivity contribution in [1.82, 2.24) is 18.7 Å². The molecule has 0 amide bonds. The summed E-state index contributed by atoms with van der Waals surface area (Å²) in [5, 5.41) is 4.50. The minimum Gasteiger partial charge on any atom is -0.276 e. The van der Waals surface area contributed by atoms with E-state index < -0.39 is 10.0 Å². The average Bonchev–Trinajstić information content (AvgIpc) is 3.16. The predicted octanol–water partition coefficient (Wildman–Crippen LogP) is 1.62. The van der Waals surface area contributed by atoms with Crippen LogP contribution in [0.1, 0.15) is 69.7 Å². The highest BCUT2D eigenvalue weighted by molar-refractivity contribution is 7.89. The molecule has 0 radical (unpaired) electrons. The summed E-state index contributed by atoms with van der Waals surface area (Å²) in [4.78, 5) is 12.5. The van der Waals surface area contributed by atoms with E-state index in [2.05, 4.69) is 5.10 Å². The van der Waals surface area contributed by atoms with Crippen LogP contribution in [0.25, 0.3) is 0 Å². The van der Waals surface area contributed by atoms with Gasteiger partial charge in [-0.25, -0.2) is 22.2 Å². The van der Waals surface area contributed by atoms with E-state index in [1.165, 1.54) is 17.5 Å². The summed E-state index contributed by atoms with van der Waals surface area (Å²) in [7, 11) is -1.42. The molecule has 1 aromatic heterocycles. The highest BCUT2D eigenvalue weighted by Gasteiger charge is 2.33. The van der Waals surface area contributed by atoms with Crippen LogP contribution in [-0.2, 0) is 17.1 Å². The second-order valence-electron chi connectivity index (χ2n) is 7.06. The number of nitrogens with zero attached hydrogens (tertiary/aromatic N) is 4. The van der Waals surface area contributed by atoms with E-state index in [1.54, 1.807) is 11.4 Å². The molecule has 2 fully saturated rings. The molecule has 0 spiro atoms. The fourth-order valence-electron chi connectivity index (χ4n) is 4.06. The summed E-state index contributed by atoms with van der Waals surface area (Å²) >= 11 is 0. The van der Waals surface area contributed by atoms with Gasteiger partial charge in [0.15, 0.2) is 0 Å². The zero-order valence-electron chi connectivity index (χ0n) is 14.6. The third kappa shape index (κ3) is 3.31. The van der Waals surface area contributed by atoms with Gasteiger partial charge < -0.3 is 0 Å². The number of aryl methyl sites for hydroxylation is 1. The smallest absolute Gasteiger partial charge is 0.276 e. The lowest BCUT2D eigenvalue weighted by molar-refractivity contribution is 0.304. The lowest BCUT2D eigenvalue weighted by atomic mass is 9.97. The van der Waals surface area contributed by atoms with Crippen LogP contribution in [0, 0.1) is 0 Å². The van der Waals surface area contributed by atoms with Gasteiger partial charge in [-0.2, -0.15) is 5.10 Å². The Morgan fingerprint density at radius 3 is 2.33 bits per heavy atom. The Bertz CT molecular complexity index is 723. The van der Waals surface area contributed by atoms with Gasteiger partial charge in [-0.05, 0) is 32.1 Å². The molecule has 2 aliphatic rings. The van der Waals surface area contributed by atoms with Gasteiger partial charge in [0.1, 0.15) is 5.82 Å². The molecular formula is C16H28N4O3S. The standard InChI is InChI=1S/C16H28N4O3S/c1-3-12-24(22,23)19-10-8-13(9-11-19)15-17-18(2)16(21)20(15)14-6-4-5-7-14/h13-14H,3-12H2,1-2H3. The Balaban J connectivity index is 1.77. The maximum Gasteiger partial charge on any atom is 0.345 e. The summed E-state index contributed by atoms with van der Waals surface area (Å²) in [6.45, 7) is 2.95. The molecule has 136 valence electrons. The van der Waals surface area contributed by atoms with E-state index in [9.17, 15) is 13.2 Å². The molecule has 1 aliphatic heterocycles. The highest BCUT2D eigenvalue weighted by atomic mass is 32.2. The van der Waals surface area contributed by atoms with Crippen molar-refractivity contribution in [2.45, 2.75) is 63.8 Å². The van der Waals surface area contributed by atoms with E-state index in [1.807, 2.05) is 11.5 Å². The molecule has 24 heavy (non-hydrogen) atoms.